The molecule has 0 saturated heterocycles. The van der Waals surface area contributed by atoms with Crippen LogP contribution in [0.15, 0.2) is 127 Å². The van der Waals surface area contributed by atoms with Crippen molar-refractivity contribution in [3.63, 3.8) is 0 Å². The minimum Gasteiger partial charge on any atom is -0.250 e. The number of hydrogen-bond acceptors (Lipinski definition) is 3. The molecular weight excluding hydrogens is 634 g/mol. The normalized spacial score (nSPS) is 22.4. The maximum Gasteiger partial charge on any atom is 3.00 e. The number of fused-ring (bicyclic) bond motifs is 6. The number of nitrogens with zero attached hydrogens (tertiary/aromatic N) is 3. The van der Waals surface area contributed by atoms with Gasteiger partial charge in [-0.05, 0) is 36.4 Å². The minimum absolute atomic E-state index is 0. The van der Waals surface area contributed by atoms with Crippen LogP contribution in [0.4, 0.5) is 13.2 Å². The first-order chi connectivity index (χ1) is 20.4. The summed E-state index contributed by atoms with van der Waals surface area (Å²) < 4.78 is 53.6. The predicted molar refractivity (Wildman–Crippen MR) is 152 cm³/mol. The molecule has 3 aromatic heterocycles. The number of rotatable bonds is 3. The van der Waals surface area contributed by atoms with Gasteiger partial charge in [0, 0.05) is 0 Å². The molecule has 43 heavy (non-hydrogen) atoms. The summed E-state index contributed by atoms with van der Waals surface area (Å²) in [5.41, 5.74) is -7.98. The summed E-state index contributed by atoms with van der Waals surface area (Å²) in [6.45, 7) is 0. The zero-order valence-electron chi connectivity index (χ0n) is 22.4. The van der Waals surface area contributed by atoms with E-state index in [9.17, 15) is 0 Å². The zero-order chi connectivity index (χ0) is 28.8. The van der Waals surface area contributed by atoms with Gasteiger partial charge >= 0.3 is 19.5 Å². The van der Waals surface area contributed by atoms with E-state index in [1.165, 1.54) is 36.4 Å². The maximum absolute atomic E-state index is 17.9. The van der Waals surface area contributed by atoms with Crippen LogP contribution in [-0.2, 0) is 36.5 Å². The van der Waals surface area contributed by atoms with Crippen molar-refractivity contribution in [3.05, 3.63) is 196 Å². The molecule has 7 rings (SSSR count). The number of pyridine rings is 3. The Bertz CT molecular complexity index is 1610. The molecule has 6 bridgehead atoms. The first kappa shape index (κ1) is 28.6. The molecule has 210 valence electrons. The van der Waals surface area contributed by atoms with Gasteiger partial charge in [0.15, 0.2) is 17.0 Å². The van der Waals surface area contributed by atoms with Gasteiger partial charge in [0.25, 0.3) is 0 Å². The van der Waals surface area contributed by atoms with Crippen molar-refractivity contribution in [2.24, 2.45) is 0 Å². The third-order valence-electron chi connectivity index (χ3n) is 7.61. The van der Waals surface area contributed by atoms with E-state index in [4.69, 9.17) is 0 Å². The fourth-order valence-electron chi connectivity index (χ4n) is 5.50. The first-order valence-corrected chi connectivity index (χ1v) is 13.4. The van der Waals surface area contributed by atoms with Gasteiger partial charge in [0.2, 0.25) is 0 Å². The molecule has 0 spiro atoms. The Morgan fingerprint density at radius 2 is 0.628 bits per heavy atom. The molecule has 3 aromatic carbocycles. The van der Waals surface area contributed by atoms with Crippen molar-refractivity contribution < 1.29 is 32.6 Å². The zero-order valence-corrected chi connectivity index (χ0v) is 24.1. The van der Waals surface area contributed by atoms with Crippen molar-refractivity contribution >= 4 is 0 Å². The fraction of sp³-hybridized carbons (Fsp3) is 0.0833. The van der Waals surface area contributed by atoms with Gasteiger partial charge < -0.3 is 0 Å². The number of halogens is 3. The minimum atomic E-state index is -2.50. The molecule has 0 fully saturated rings. The Morgan fingerprint density at radius 1 is 0.372 bits per heavy atom. The van der Waals surface area contributed by atoms with Crippen LogP contribution in [-0.4, -0.2) is 15.0 Å². The third-order valence-corrected chi connectivity index (χ3v) is 7.61. The maximum atomic E-state index is 17.9. The van der Waals surface area contributed by atoms with Gasteiger partial charge in [-0.1, -0.05) is 18.2 Å². The van der Waals surface area contributed by atoms with Gasteiger partial charge in [-0.2, -0.15) is 91.0 Å². The molecular formula is C36H21F3N3Rh. The van der Waals surface area contributed by atoms with Crippen molar-refractivity contribution in [1.82, 2.24) is 15.0 Å². The third kappa shape index (κ3) is 4.42. The quantitative estimate of drug-likeness (QED) is 0.148. The molecule has 0 saturated carbocycles. The second-order valence-electron chi connectivity index (χ2n) is 10.0. The van der Waals surface area contributed by atoms with E-state index >= 15 is 13.2 Å². The van der Waals surface area contributed by atoms with Crippen LogP contribution in [0.5, 0.6) is 0 Å². The second-order valence-corrected chi connectivity index (χ2v) is 10.0. The molecule has 1 aliphatic rings. The average molecular weight is 655 g/mol. The first-order valence-electron chi connectivity index (χ1n) is 13.4. The monoisotopic (exact) mass is 655 g/mol. The molecule has 0 amide bonds. The summed E-state index contributed by atoms with van der Waals surface area (Å²) in [7, 11) is 0. The Balaban J connectivity index is 0.00000329. The van der Waals surface area contributed by atoms with E-state index in [0.717, 1.165) is 0 Å². The summed E-state index contributed by atoms with van der Waals surface area (Å²) in [5, 5.41) is 0. The molecule has 7 heteroatoms. The average Bonchev–Trinajstić information content (AvgIpc) is 3.08. The van der Waals surface area contributed by atoms with Gasteiger partial charge in [-0.15, -0.1) is 16.7 Å². The van der Waals surface area contributed by atoms with E-state index in [1.54, 1.807) is 91.0 Å². The summed E-state index contributed by atoms with van der Waals surface area (Å²) in [6.07, 6.45) is 0. The van der Waals surface area contributed by atoms with Crippen LogP contribution in [0.2, 0.25) is 0 Å². The molecule has 0 radical (unpaired) electrons. The SMILES string of the molecule is FC1(c2[c-]cccc2)c2cccc(n2)C(F)(c2[c-]cccc2)c2cccc(n2)C(F)(c2[c-]cccc2)c2cccc1n2.[Rh+3]. The van der Waals surface area contributed by atoms with Gasteiger partial charge in [0.1, 0.15) is 0 Å². The van der Waals surface area contributed by atoms with Crippen molar-refractivity contribution in [2.45, 2.75) is 17.0 Å². The Morgan fingerprint density at radius 3 is 0.837 bits per heavy atom. The van der Waals surface area contributed by atoms with E-state index in [1.807, 2.05) is 0 Å². The molecule has 0 unspecified atom stereocenters. The largest absolute Gasteiger partial charge is 3.00 e. The van der Waals surface area contributed by atoms with E-state index in [-0.39, 0.29) is 70.3 Å². The van der Waals surface area contributed by atoms with Crippen molar-refractivity contribution in [1.29, 1.82) is 0 Å². The summed E-state index contributed by atoms with van der Waals surface area (Å²) in [4.78, 5) is 13.8. The number of benzene rings is 3. The van der Waals surface area contributed by atoms with Crippen LogP contribution in [0.25, 0.3) is 0 Å². The Hall–Kier alpha value is -4.48. The van der Waals surface area contributed by atoms with Crippen LogP contribution >= 0.6 is 0 Å². The van der Waals surface area contributed by atoms with Crippen LogP contribution in [0.1, 0.15) is 50.9 Å². The molecule has 0 aliphatic carbocycles. The summed E-state index contributed by atoms with van der Waals surface area (Å²) >= 11 is 0. The smallest absolute Gasteiger partial charge is 0.250 e. The molecule has 0 N–H and O–H groups in total. The molecule has 4 heterocycles. The van der Waals surface area contributed by atoms with Crippen LogP contribution in [0.3, 0.4) is 0 Å². The number of alkyl halides is 3. The van der Waals surface area contributed by atoms with Gasteiger partial charge in [0.05, 0.1) is 34.2 Å². The standard InChI is InChI=1S/C36H21F3N3.Rh/c37-34(25-13-4-1-5-14-25)28-19-10-21-30(40-28)35(38,26-15-6-2-7-16-26)32-23-12-24-33(42-32)36(39,27-17-8-3-9-18-27)31-22-11-20-29(34)41-31;/h1-13,15,17,19-24H;/q-3;+3. The van der Waals surface area contributed by atoms with E-state index in [2.05, 4.69) is 33.2 Å². The number of aromatic nitrogens is 3. The summed E-state index contributed by atoms with van der Waals surface area (Å²) in [6, 6.07) is 41.8. The summed E-state index contributed by atoms with van der Waals surface area (Å²) in [5.74, 6) is 0. The fourth-order valence-corrected chi connectivity index (χ4v) is 5.50. The Kier molecular flexibility index (Phi) is 7.31. The number of hydrogen-bond donors (Lipinski definition) is 0. The molecule has 0 atom stereocenters. The topological polar surface area (TPSA) is 38.7 Å². The van der Waals surface area contributed by atoms with E-state index < -0.39 is 17.0 Å². The predicted octanol–water partition coefficient (Wildman–Crippen LogP) is 7.37. The van der Waals surface area contributed by atoms with Gasteiger partial charge in [-0.3, -0.25) is 0 Å². The second kappa shape index (κ2) is 11.0. The van der Waals surface area contributed by atoms with Crippen LogP contribution in [0, 0.1) is 18.2 Å². The van der Waals surface area contributed by atoms with Crippen LogP contribution < -0.4 is 0 Å². The van der Waals surface area contributed by atoms with E-state index in [0.29, 0.717) is 0 Å². The van der Waals surface area contributed by atoms with Gasteiger partial charge in [-0.25, -0.2) is 28.1 Å². The van der Waals surface area contributed by atoms with Crippen molar-refractivity contribution in [3.8, 4) is 0 Å². The van der Waals surface area contributed by atoms with Crippen molar-refractivity contribution in [2.75, 3.05) is 0 Å². The molecule has 6 aromatic rings. The molecule has 3 nitrogen and oxygen atoms in total. The molecule has 1 aliphatic heterocycles. The Labute approximate surface area is 260 Å².